The molecule has 1 atom stereocenters. The molecule has 0 N–H and O–H groups in total. The van der Waals surface area contributed by atoms with Crippen LogP contribution >= 0.6 is 0 Å². The lowest BCUT2D eigenvalue weighted by atomic mass is 9.66. The molecule has 0 fully saturated rings. The van der Waals surface area contributed by atoms with Crippen LogP contribution in [0.2, 0.25) is 0 Å². The van der Waals surface area contributed by atoms with Gasteiger partial charge in [-0.25, -0.2) is 0 Å². The Labute approximate surface area is 244 Å². The Morgan fingerprint density at radius 3 is 1.23 bits per heavy atom. The quantitative estimate of drug-likeness (QED) is 0.369. The average molecular weight is 533 g/mol. The molecule has 39 heavy (non-hydrogen) atoms. The summed E-state index contributed by atoms with van der Waals surface area (Å²) in [6.45, 7) is 45.5. The normalized spacial score (nSPS) is 15.1. The molecule has 0 aliphatic rings. The highest BCUT2D eigenvalue weighted by Crippen LogP contribution is 2.46. The van der Waals surface area contributed by atoms with Gasteiger partial charge in [-0.15, -0.1) is 0 Å². The van der Waals surface area contributed by atoms with Gasteiger partial charge in [-0.05, 0) is 89.3 Å². The van der Waals surface area contributed by atoms with Crippen LogP contribution in [0.3, 0.4) is 0 Å². The second-order valence-electron chi connectivity index (χ2n) is 18.6. The first-order chi connectivity index (χ1) is 17.1. The van der Waals surface area contributed by atoms with Crippen molar-refractivity contribution in [3.05, 3.63) is 68.8 Å². The van der Waals surface area contributed by atoms with Gasteiger partial charge in [0.2, 0.25) is 0 Å². The van der Waals surface area contributed by atoms with E-state index in [1.165, 1.54) is 22.3 Å². The first-order valence-corrected chi connectivity index (χ1v) is 15.4. The zero-order valence-corrected chi connectivity index (χ0v) is 29.6. The van der Waals surface area contributed by atoms with E-state index in [1.807, 2.05) is 0 Å². The van der Waals surface area contributed by atoms with Crippen molar-refractivity contribution >= 4 is 0 Å². The Morgan fingerprint density at radius 1 is 0.462 bits per heavy atom. The van der Waals surface area contributed by atoms with Crippen LogP contribution in [0.25, 0.3) is 0 Å². The predicted octanol–water partition coefficient (Wildman–Crippen LogP) is 11.8. The molecule has 0 heteroatoms. The van der Waals surface area contributed by atoms with Gasteiger partial charge in [0.1, 0.15) is 0 Å². The summed E-state index contributed by atoms with van der Waals surface area (Å²) in [5.41, 5.74) is 12.7. The van der Waals surface area contributed by atoms with Crippen molar-refractivity contribution in [2.75, 3.05) is 0 Å². The lowest BCUT2D eigenvalue weighted by Crippen LogP contribution is -2.29. The monoisotopic (exact) mass is 533 g/mol. The molecule has 2 rings (SSSR count). The van der Waals surface area contributed by atoms with Gasteiger partial charge in [0.05, 0.1) is 0 Å². The molecule has 0 bridgehead atoms. The maximum atomic E-state index is 2.57. The molecule has 0 radical (unpaired) electrons. The largest absolute Gasteiger partial charge is 0.0581 e. The van der Waals surface area contributed by atoms with E-state index in [0.29, 0.717) is 5.92 Å². The SMILES string of the molecule is CC(Cc1c(C(C)(C)C)ccc(C(C)(C)C)c1C(C)(C)C)c1cc(C(C)(C)C)cc(C(C)(C)C)c1C(C)(C)C. The maximum Gasteiger partial charge on any atom is -0.0126 e. The van der Waals surface area contributed by atoms with Gasteiger partial charge in [-0.1, -0.05) is 156 Å². The molecule has 0 aliphatic carbocycles. The van der Waals surface area contributed by atoms with Crippen LogP contribution in [0.5, 0.6) is 0 Å². The Morgan fingerprint density at radius 2 is 0.872 bits per heavy atom. The third kappa shape index (κ3) is 7.59. The fourth-order valence-electron chi connectivity index (χ4n) is 6.38. The average Bonchev–Trinajstić information content (AvgIpc) is 2.68. The van der Waals surface area contributed by atoms with E-state index in [-0.39, 0.29) is 32.5 Å². The molecule has 2 aromatic carbocycles. The van der Waals surface area contributed by atoms with Crippen LogP contribution < -0.4 is 0 Å². The van der Waals surface area contributed by atoms with Crippen molar-refractivity contribution < 1.29 is 0 Å². The molecule has 1 unspecified atom stereocenters. The minimum absolute atomic E-state index is 0.0651. The molecule has 220 valence electrons. The summed E-state index contributed by atoms with van der Waals surface area (Å²) in [5.74, 6) is 0.403. The topological polar surface area (TPSA) is 0 Å². The molecule has 0 spiro atoms. The third-order valence-corrected chi connectivity index (χ3v) is 8.31. The van der Waals surface area contributed by atoms with Crippen molar-refractivity contribution in [3.63, 3.8) is 0 Å². The number of hydrogen-bond donors (Lipinski definition) is 0. The lowest BCUT2D eigenvalue weighted by molar-refractivity contribution is 0.501. The Bertz CT molecular complexity index is 1160. The zero-order chi connectivity index (χ0) is 30.7. The van der Waals surface area contributed by atoms with Gasteiger partial charge >= 0.3 is 0 Å². The van der Waals surface area contributed by atoms with Crippen molar-refractivity contribution in [2.24, 2.45) is 0 Å². The standard InChI is InChI=1S/C39H64/c1-25(27-23-26(34(2,3)4)24-31(37(11,12)13)32(27)38(14,15)16)22-28-29(35(5,6)7)20-21-30(36(8,9)10)33(28)39(17,18)19/h20-21,23-25H,22H2,1-19H3. The fraction of sp³-hybridized carbons (Fsp3) is 0.692. The number of benzene rings is 2. The predicted molar refractivity (Wildman–Crippen MR) is 177 cm³/mol. The summed E-state index contributed by atoms with van der Waals surface area (Å²) in [4.78, 5) is 0. The Hall–Kier alpha value is -1.56. The smallest absolute Gasteiger partial charge is 0.0126 e. The molecule has 0 nitrogen and oxygen atoms in total. The highest BCUT2D eigenvalue weighted by atomic mass is 14.4. The van der Waals surface area contributed by atoms with Crippen molar-refractivity contribution in [2.45, 2.75) is 176 Å². The van der Waals surface area contributed by atoms with Crippen molar-refractivity contribution in [1.82, 2.24) is 0 Å². The maximum absolute atomic E-state index is 2.57. The van der Waals surface area contributed by atoms with E-state index in [1.54, 1.807) is 22.3 Å². The third-order valence-electron chi connectivity index (χ3n) is 8.31. The van der Waals surface area contributed by atoms with Gasteiger partial charge < -0.3 is 0 Å². The van der Waals surface area contributed by atoms with Gasteiger partial charge in [0.25, 0.3) is 0 Å². The van der Waals surface area contributed by atoms with Crippen LogP contribution in [0.1, 0.15) is 182 Å². The molecule has 0 saturated heterocycles. The summed E-state index contributed by atoms with van der Waals surface area (Å²) in [6, 6.07) is 9.99. The first kappa shape index (κ1) is 33.6. The van der Waals surface area contributed by atoms with Crippen LogP contribution in [0, 0.1) is 0 Å². The molecule has 2 aromatic rings. The summed E-state index contributed by atoms with van der Waals surface area (Å²) in [6.07, 6.45) is 1.06. The minimum Gasteiger partial charge on any atom is -0.0581 e. The Balaban J connectivity index is 3.03. The number of rotatable bonds is 3. The van der Waals surface area contributed by atoms with Crippen LogP contribution in [-0.4, -0.2) is 0 Å². The van der Waals surface area contributed by atoms with Crippen LogP contribution in [0.4, 0.5) is 0 Å². The minimum atomic E-state index is 0.0651. The van der Waals surface area contributed by atoms with E-state index in [2.05, 4.69) is 156 Å². The molecule has 0 aliphatic heterocycles. The highest BCUT2D eigenvalue weighted by Gasteiger charge is 2.35. The van der Waals surface area contributed by atoms with Crippen LogP contribution in [0.15, 0.2) is 24.3 Å². The van der Waals surface area contributed by atoms with Crippen molar-refractivity contribution in [3.8, 4) is 0 Å². The van der Waals surface area contributed by atoms with E-state index >= 15 is 0 Å². The van der Waals surface area contributed by atoms with E-state index in [9.17, 15) is 0 Å². The van der Waals surface area contributed by atoms with E-state index in [0.717, 1.165) is 6.42 Å². The summed E-state index contributed by atoms with van der Waals surface area (Å²) >= 11 is 0. The molecule has 0 saturated carbocycles. The molecular weight excluding hydrogens is 468 g/mol. The van der Waals surface area contributed by atoms with Gasteiger partial charge in [0.15, 0.2) is 0 Å². The lowest BCUT2D eigenvalue weighted by Gasteiger charge is -2.39. The van der Waals surface area contributed by atoms with Gasteiger partial charge in [0, 0.05) is 0 Å². The summed E-state index contributed by atoms with van der Waals surface area (Å²) in [7, 11) is 0. The van der Waals surface area contributed by atoms with Crippen LogP contribution in [-0.2, 0) is 38.9 Å². The second kappa shape index (κ2) is 10.4. The molecule has 0 heterocycles. The fourth-order valence-corrected chi connectivity index (χ4v) is 6.38. The zero-order valence-electron chi connectivity index (χ0n) is 29.6. The van der Waals surface area contributed by atoms with Gasteiger partial charge in [-0.3, -0.25) is 0 Å². The highest BCUT2D eigenvalue weighted by molar-refractivity contribution is 5.53. The Kier molecular flexibility index (Phi) is 8.94. The summed E-state index contributed by atoms with van der Waals surface area (Å²) in [5, 5.41) is 0. The van der Waals surface area contributed by atoms with E-state index < -0.39 is 0 Å². The van der Waals surface area contributed by atoms with Crippen molar-refractivity contribution in [1.29, 1.82) is 0 Å². The molecular formula is C39H64. The summed E-state index contributed by atoms with van der Waals surface area (Å²) < 4.78 is 0. The van der Waals surface area contributed by atoms with Gasteiger partial charge in [-0.2, -0.15) is 0 Å². The second-order valence-corrected chi connectivity index (χ2v) is 18.6. The first-order valence-electron chi connectivity index (χ1n) is 15.4. The molecule has 0 amide bonds. The van der Waals surface area contributed by atoms with E-state index in [4.69, 9.17) is 0 Å². The number of hydrogen-bond acceptors (Lipinski definition) is 0. The molecule has 0 aromatic heterocycles.